The van der Waals surface area contributed by atoms with Crippen molar-refractivity contribution < 1.29 is 14.7 Å². The maximum atomic E-state index is 11.9. The molecule has 0 aliphatic rings. The number of carboxylic acid groups (broad SMARTS) is 1. The molecular weight excluding hydrogens is 232 g/mol. The van der Waals surface area contributed by atoms with Crippen LogP contribution in [0.25, 0.3) is 0 Å². The largest absolute Gasteiger partial charge is 0.478 e. The second kappa shape index (κ2) is 7.16. The molecule has 0 bridgehead atoms. The van der Waals surface area contributed by atoms with Crippen LogP contribution in [0.2, 0.25) is 0 Å². The van der Waals surface area contributed by atoms with Crippen LogP contribution in [0.3, 0.4) is 0 Å². The molecular formula is C13H24N2O3. The average molecular weight is 256 g/mol. The number of carbonyl (C=O) groups excluding carboxylic acids is 1. The number of hydrogen-bond acceptors (Lipinski definition) is 3. The lowest BCUT2D eigenvalue weighted by atomic mass is 10.0. The van der Waals surface area contributed by atoms with Crippen LogP contribution in [-0.2, 0) is 9.59 Å². The molecule has 0 aromatic rings. The molecule has 1 amide bonds. The summed E-state index contributed by atoms with van der Waals surface area (Å²) in [7, 11) is 3.87. The van der Waals surface area contributed by atoms with Gasteiger partial charge in [0.2, 0.25) is 5.91 Å². The van der Waals surface area contributed by atoms with E-state index in [1.54, 1.807) is 0 Å². The number of nitrogens with zero attached hydrogens (tertiary/aromatic N) is 1. The number of carbonyl (C=O) groups is 2. The Morgan fingerprint density at radius 3 is 2.00 bits per heavy atom. The van der Waals surface area contributed by atoms with Crippen LogP contribution in [0.15, 0.2) is 11.1 Å². The van der Waals surface area contributed by atoms with Crippen LogP contribution in [-0.4, -0.2) is 48.6 Å². The number of aliphatic carboxylic acids is 1. The fourth-order valence-corrected chi connectivity index (χ4v) is 1.42. The highest BCUT2D eigenvalue weighted by molar-refractivity contribution is 6.01. The van der Waals surface area contributed by atoms with Crippen molar-refractivity contribution in [2.75, 3.05) is 20.6 Å². The number of hydrogen-bond donors (Lipinski definition) is 2. The summed E-state index contributed by atoms with van der Waals surface area (Å²) in [4.78, 5) is 24.7. The van der Waals surface area contributed by atoms with E-state index >= 15 is 0 Å². The summed E-state index contributed by atoms with van der Waals surface area (Å²) in [6.07, 6.45) is 0. The summed E-state index contributed by atoms with van der Waals surface area (Å²) < 4.78 is 0. The molecule has 0 spiro atoms. The van der Waals surface area contributed by atoms with Gasteiger partial charge in [0.05, 0.1) is 0 Å². The molecule has 18 heavy (non-hydrogen) atoms. The minimum absolute atomic E-state index is 0.00375. The minimum atomic E-state index is -1.06. The van der Waals surface area contributed by atoms with Gasteiger partial charge in [0.1, 0.15) is 0 Å². The van der Waals surface area contributed by atoms with Crippen LogP contribution in [0.1, 0.15) is 27.7 Å². The lowest BCUT2D eigenvalue weighted by molar-refractivity contribution is -0.133. The van der Waals surface area contributed by atoms with E-state index in [0.29, 0.717) is 0 Å². The lowest BCUT2D eigenvalue weighted by Crippen LogP contribution is -2.45. The Morgan fingerprint density at radius 2 is 1.67 bits per heavy atom. The lowest BCUT2D eigenvalue weighted by Gasteiger charge is -2.25. The molecule has 104 valence electrons. The van der Waals surface area contributed by atoms with Gasteiger partial charge in [-0.2, -0.15) is 0 Å². The van der Waals surface area contributed by atoms with Crippen molar-refractivity contribution in [2.45, 2.75) is 33.7 Å². The highest BCUT2D eigenvalue weighted by atomic mass is 16.4. The molecule has 5 heteroatoms. The van der Waals surface area contributed by atoms with Gasteiger partial charge in [0.15, 0.2) is 0 Å². The third-order valence-electron chi connectivity index (χ3n) is 2.91. The second-order valence-electron chi connectivity index (χ2n) is 5.14. The Kier molecular flexibility index (Phi) is 6.62. The van der Waals surface area contributed by atoms with Crippen LogP contribution in [0, 0.1) is 5.92 Å². The maximum absolute atomic E-state index is 11.9. The van der Waals surface area contributed by atoms with E-state index in [9.17, 15) is 9.59 Å². The minimum Gasteiger partial charge on any atom is -0.478 e. The fraction of sp³-hybridized carbons (Fsp3) is 0.692. The van der Waals surface area contributed by atoms with E-state index in [2.05, 4.69) is 5.32 Å². The molecule has 1 atom stereocenters. The Hall–Kier alpha value is -1.36. The third-order valence-corrected chi connectivity index (χ3v) is 2.91. The number of nitrogens with one attached hydrogen (secondary N) is 1. The van der Waals surface area contributed by atoms with Gasteiger partial charge in [0, 0.05) is 23.7 Å². The first kappa shape index (κ1) is 16.6. The van der Waals surface area contributed by atoms with Crippen LogP contribution in [0.5, 0.6) is 0 Å². The van der Waals surface area contributed by atoms with E-state index in [1.807, 2.05) is 32.8 Å². The summed E-state index contributed by atoms with van der Waals surface area (Å²) in [5.41, 5.74) is 0.340. The number of amides is 1. The molecule has 0 saturated carbocycles. The zero-order valence-electron chi connectivity index (χ0n) is 12.1. The topological polar surface area (TPSA) is 69.6 Å². The van der Waals surface area contributed by atoms with Crippen molar-refractivity contribution in [2.24, 2.45) is 5.92 Å². The molecule has 0 aliphatic carbocycles. The Bertz CT molecular complexity index is 346. The van der Waals surface area contributed by atoms with Gasteiger partial charge in [-0.1, -0.05) is 13.8 Å². The molecule has 0 rings (SSSR count). The van der Waals surface area contributed by atoms with Crippen molar-refractivity contribution in [3.05, 3.63) is 11.1 Å². The van der Waals surface area contributed by atoms with Gasteiger partial charge in [-0.05, 0) is 33.9 Å². The first-order valence-corrected chi connectivity index (χ1v) is 6.03. The van der Waals surface area contributed by atoms with Gasteiger partial charge in [-0.3, -0.25) is 4.79 Å². The van der Waals surface area contributed by atoms with Gasteiger partial charge in [-0.15, -0.1) is 0 Å². The van der Waals surface area contributed by atoms with Crippen LogP contribution >= 0.6 is 0 Å². The Labute approximate surface area is 109 Å². The normalized spacial score (nSPS) is 14.4. The maximum Gasteiger partial charge on any atom is 0.331 e. The summed E-state index contributed by atoms with van der Waals surface area (Å²) in [6.45, 7) is 7.75. The first-order chi connectivity index (χ1) is 8.16. The van der Waals surface area contributed by atoms with Crippen molar-refractivity contribution in [1.82, 2.24) is 10.2 Å². The first-order valence-electron chi connectivity index (χ1n) is 6.03. The van der Waals surface area contributed by atoms with E-state index in [0.717, 1.165) is 6.54 Å². The van der Waals surface area contributed by atoms with Gasteiger partial charge in [0.25, 0.3) is 0 Å². The Balaban J connectivity index is 4.81. The van der Waals surface area contributed by atoms with Crippen molar-refractivity contribution in [1.29, 1.82) is 0 Å². The van der Waals surface area contributed by atoms with Crippen molar-refractivity contribution in [3.63, 3.8) is 0 Å². The van der Waals surface area contributed by atoms with Gasteiger partial charge < -0.3 is 15.3 Å². The number of carboxylic acids is 1. The van der Waals surface area contributed by atoms with E-state index in [1.165, 1.54) is 13.8 Å². The van der Waals surface area contributed by atoms with E-state index in [4.69, 9.17) is 5.11 Å². The summed E-state index contributed by atoms with van der Waals surface area (Å²) >= 11 is 0. The van der Waals surface area contributed by atoms with E-state index in [-0.39, 0.29) is 29.0 Å². The number of rotatable bonds is 6. The van der Waals surface area contributed by atoms with Crippen molar-refractivity contribution >= 4 is 11.9 Å². The monoisotopic (exact) mass is 256 g/mol. The predicted molar refractivity (Wildman–Crippen MR) is 71.3 cm³/mol. The highest BCUT2D eigenvalue weighted by Crippen LogP contribution is 2.07. The molecule has 0 radical (unpaired) electrons. The van der Waals surface area contributed by atoms with Gasteiger partial charge in [-0.25, -0.2) is 4.79 Å². The second-order valence-corrected chi connectivity index (χ2v) is 5.14. The average Bonchev–Trinajstić information content (AvgIpc) is 2.24. The number of likely N-dealkylation sites (N-methyl/N-ethyl adjacent to an activating group) is 1. The zero-order valence-corrected chi connectivity index (χ0v) is 12.1. The van der Waals surface area contributed by atoms with Crippen molar-refractivity contribution in [3.8, 4) is 0 Å². The predicted octanol–water partition coefficient (Wildman–Crippen LogP) is 1.11. The zero-order chi connectivity index (χ0) is 14.5. The summed E-state index contributed by atoms with van der Waals surface area (Å²) in [6, 6.07) is 0.00375. The molecule has 0 fully saturated rings. The van der Waals surface area contributed by atoms with E-state index < -0.39 is 5.97 Å². The molecule has 0 aromatic heterocycles. The van der Waals surface area contributed by atoms with Gasteiger partial charge >= 0.3 is 5.97 Å². The SMILES string of the molecule is CC(C(=O)O)=C(C)C(=O)NC(CN(C)C)C(C)C. The highest BCUT2D eigenvalue weighted by Gasteiger charge is 2.19. The summed E-state index contributed by atoms with van der Waals surface area (Å²) in [5.74, 6) is -1.08. The fourth-order valence-electron chi connectivity index (χ4n) is 1.42. The van der Waals surface area contributed by atoms with Crippen LogP contribution < -0.4 is 5.32 Å². The third kappa shape index (κ3) is 5.31. The molecule has 5 nitrogen and oxygen atoms in total. The molecule has 1 unspecified atom stereocenters. The molecule has 0 heterocycles. The summed E-state index contributed by atoms with van der Waals surface area (Å²) in [5, 5.41) is 11.7. The molecule has 0 saturated heterocycles. The molecule has 0 aromatic carbocycles. The molecule has 2 N–H and O–H groups in total. The molecule has 0 aliphatic heterocycles. The smallest absolute Gasteiger partial charge is 0.331 e. The Morgan fingerprint density at radius 1 is 1.17 bits per heavy atom. The van der Waals surface area contributed by atoms with Crippen LogP contribution in [0.4, 0.5) is 0 Å². The quantitative estimate of drug-likeness (QED) is 0.698. The standard InChI is InChI=1S/C13H24N2O3/c1-8(2)11(7-15(5)6)14-12(16)9(3)10(4)13(17)18/h8,11H,7H2,1-6H3,(H,14,16)(H,17,18).